The zero-order valence-corrected chi connectivity index (χ0v) is 8.77. The van der Waals surface area contributed by atoms with Crippen molar-refractivity contribution in [3.63, 3.8) is 0 Å². The molecule has 0 heterocycles. The average molecular weight is 218 g/mol. The first-order chi connectivity index (χ1) is 6.79. The summed E-state index contributed by atoms with van der Waals surface area (Å²) in [6.07, 6.45) is 0. The third-order valence-electron chi connectivity index (χ3n) is 1.85. The lowest BCUT2D eigenvalue weighted by Gasteiger charge is -2.07. The van der Waals surface area contributed by atoms with Crippen molar-refractivity contribution in [3.05, 3.63) is 29.6 Å². The summed E-state index contributed by atoms with van der Waals surface area (Å²) in [6.45, 7) is 1.13. The lowest BCUT2D eigenvalue weighted by molar-refractivity contribution is 0.383. The number of rotatable bonds is 5. The first-order valence-corrected chi connectivity index (χ1v) is 4.91. The van der Waals surface area contributed by atoms with Crippen molar-refractivity contribution in [2.24, 2.45) is 0 Å². The molecule has 1 aromatic rings. The van der Waals surface area contributed by atoms with Gasteiger partial charge in [0.05, 0.1) is 7.11 Å². The minimum Gasteiger partial charge on any atom is -0.494 e. The van der Waals surface area contributed by atoms with Crippen LogP contribution in [0.15, 0.2) is 18.2 Å². The molecule has 0 aliphatic carbocycles. The van der Waals surface area contributed by atoms with E-state index in [1.54, 1.807) is 18.2 Å². The maximum atomic E-state index is 13.5. The van der Waals surface area contributed by atoms with Crippen LogP contribution in [0.3, 0.4) is 0 Å². The van der Waals surface area contributed by atoms with Crippen LogP contribution in [-0.2, 0) is 6.54 Å². The van der Waals surface area contributed by atoms with E-state index in [-0.39, 0.29) is 11.6 Å². The highest BCUT2D eigenvalue weighted by Crippen LogP contribution is 2.19. The Labute approximate surface area is 88.0 Å². The number of halogens is 2. The van der Waals surface area contributed by atoms with E-state index in [1.165, 1.54) is 7.11 Å². The monoisotopic (exact) mass is 217 g/mol. The smallest absolute Gasteiger partial charge is 0.169 e. The van der Waals surface area contributed by atoms with Crippen LogP contribution < -0.4 is 10.1 Å². The summed E-state index contributed by atoms with van der Waals surface area (Å²) >= 11 is 5.49. The highest BCUT2D eigenvalue weighted by molar-refractivity contribution is 6.18. The molecular formula is C10H13ClFNO. The summed E-state index contributed by atoms with van der Waals surface area (Å²) in [4.78, 5) is 0. The molecule has 0 saturated carbocycles. The number of benzene rings is 1. The van der Waals surface area contributed by atoms with Crippen molar-refractivity contribution >= 4 is 11.6 Å². The maximum absolute atomic E-state index is 13.5. The molecule has 0 unspecified atom stereocenters. The SMILES string of the molecule is COc1cccc(CNCCCl)c1F. The Morgan fingerprint density at radius 3 is 2.93 bits per heavy atom. The molecule has 2 nitrogen and oxygen atoms in total. The Kier molecular flexibility index (Phi) is 4.70. The second kappa shape index (κ2) is 5.83. The fourth-order valence-corrected chi connectivity index (χ4v) is 1.27. The summed E-state index contributed by atoms with van der Waals surface area (Å²) in [5.74, 6) is 0.484. The lowest BCUT2D eigenvalue weighted by atomic mass is 10.2. The van der Waals surface area contributed by atoms with E-state index in [4.69, 9.17) is 16.3 Å². The predicted molar refractivity (Wildman–Crippen MR) is 55.4 cm³/mol. The molecule has 0 aromatic heterocycles. The molecule has 0 atom stereocenters. The van der Waals surface area contributed by atoms with E-state index in [9.17, 15) is 4.39 Å². The molecule has 78 valence electrons. The molecule has 0 aliphatic rings. The molecule has 0 radical (unpaired) electrons. The molecule has 1 N–H and O–H groups in total. The van der Waals surface area contributed by atoms with Crippen molar-refractivity contribution < 1.29 is 9.13 Å². The van der Waals surface area contributed by atoms with Gasteiger partial charge in [-0.05, 0) is 6.07 Å². The van der Waals surface area contributed by atoms with E-state index < -0.39 is 0 Å². The largest absolute Gasteiger partial charge is 0.494 e. The fraction of sp³-hybridized carbons (Fsp3) is 0.400. The lowest BCUT2D eigenvalue weighted by Crippen LogP contribution is -2.16. The van der Waals surface area contributed by atoms with Gasteiger partial charge in [-0.1, -0.05) is 12.1 Å². The van der Waals surface area contributed by atoms with Crippen LogP contribution in [0.1, 0.15) is 5.56 Å². The maximum Gasteiger partial charge on any atom is 0.169 e. The second-order valence-electron chi connectivity index (χ2n) is 2.80. The van der Waals surface area contributed by atoms with E-state index in [2.05, 4.69) is 5.32 Å². The Morgan fingerprint density at radius 2 is 2.29 bits per heavy atom. The van der Waals surface area contributed by atoms with Crippen LogP contribution in [0.25, 0.3) is 0 Å². The molecule has 4 heteroatoms. The van der Waals surface area contributed by atoms with Gasteiger partial charge in [-0.2, -0.15) is 0 Å². The van der Waals surface area contributed by atoms with Gasteiger partial charge in [0.1, 0.15) is 0 Å². The van der Waals surface area contributed by atoms with Crippen LogP contribution in [0, 0.1) is 5.82 Å². The Morgan fingerprint density at radius 1 is 1.50 bits per heavy atom. The van der Waals surface area contributed by atoms with E-state index in [0.717, 1.165) is 0 Å². The highest BCUT2D eigenvalue weighted by atomic mass is 35.5. The van der Waals surface area contributed by atoms with Crippen LogP contribution in [0.2, 0.25) is 0 Å². The first-order valence-electron chi connectivity index (χ1n) is 4.37. The van der Waals surface area contributed by atoms with E-state index in [1.807, 2.05) is 0 Å². The normalized spacial score (nSPS) is 10.2. The second-order valence-corrected chi connectivity index (χ2v) is 3.18. The van der Waals surface area contributed by atoms with Gasteiger partial charge in [-0.3, -0.25) is 0 Å². The summed E-state index contributed by atoms with van der Waals surface area (Å²) < 4.78 is 18.4. The quantitative estimate of drug-likeness (QED) is 0.603. The molecule has 14 heavy (non-hydrogen) atoms. The molecule has 0 fully saturated rings. The molecule has 1 rings (SSSR count). The minimum absolute atomic E-state index is 0.273. The molecule has 1 aromatic carbocycles. The number of nitrogens with one attached hydrogen (secondary N) is 1. The van der Waals surface area contributed by atoms with Gasteiger partial charge in [-0.25, -0.2) is 4.39 Å². The fourth-order valence-electron chi connectivity index (χ4n) is 1.14. The van der Waals surface area contributed by atoms with Crippen LogP contribution in [0.5, 0.6) is 5.75 Å². The van der Waals surface area contributed by atoms with Crippen molar-refractivity contribution in [2.45, 2.75) is 6.54 Å². The Balaban J connectivity index is 2.66. The standard InChI is InChI=1S/C10H13ClFNO/c1-14-9-4-2-3-8(10(9)12)7-13-6-5-11/h2-4,13H,5-7H2,1H3. The molecule has 0 amide bonds. The summed E-state index contributed by atoms with van der Waals surface area (Å²) in [7, 11) is 1.45. The molecule has 0 saturated heterocycles. The van der Waals surface area contributed by atoms with Gasteiger partial charge in [0.25, 0.3) is 0 Å². The Bertz CT molecular complexity index is 293. The van der Waals surface area contributed by atoms with E-state index >= 15 is 0 Å². The van der Waals surface area contributed by atoms with Crippen molar-refractivity contribution in [1.82, 2.24) is 5.32 Å². The van der Waals surface area contributed by atoms with Gasteiger partial charge in [0.2, 0.25) is 0 Å². The van der Waals surface area contributed by atoms with Crippen molar-refractivity contribution in [1.29, 1.82) is 0 Å². The predicted octanol–water partition coefficient (Wildman–Crippen LogP) is 2.16. The van der Waals surface area contributed by atoms with Gasteiger partial charge in [-0.15, -0.1) is 11.6 Å². The minimum atomic E-state index is -0.308. The zero-order valence-electron chi connectivity index (χ0n) is 8.02. The number of methoxy groups -OCH3 is 1. The van der Waals surface area contributed by atoms with Gasteiger partial charge >= 0.3 is 0 Å². The van der Waals surface area contributed by atoms with Gasteiger partial charge in [0, 0.05) is 24.5 Å². The topological polar surface area (TPSA) is 21.3 Å². The van der Waals surface area contributed by atoms with Crippen LogP contribution in [0.4, 0.5) is 4.39 Å². The number of ether oxygens (including phenoxy) is 1. The third-order valence-corrected chi connectivity index (χ3v) is 2.04. The Hall–Kier alpha value is -0.800. The van der Waals surface area contributed by atoms with Crippen LogP contribution >= 0.6 is 11.6 Å². The van der Waals surface area contributed by atoms with Gasteiger partial charge < -0.3 is 10.1 Å². The molecular weight excluding hydrogens is 205 g/mol. The third kappa shape index (κ3) is 2.86. The summed E-state index contributed by atoms with van der Waals surface area (Å²) in [6, 6.07) is 5.08. The highest BCUT2D eigenvalue weighted by Gasteiger charge is 2.06. The number of hydrogen-bond donors (Lipinski definition) is 1. The first kappa shape index (κ1) is 11.3. The van der Waals surface area contributed by atoms with E-state index in [0.29, 0.717) is 24.5 Å². The molecule has 0 spiro atoms. The van der Waals surface area contributed by atoms with Crippen molar-refractivity contribution in [3.8, 4) is 5.75 Å². The zero-order chi connectivity index (χ0) is 10.4. The van der Waals surface area contributed by atoms with Gasteiger partial charge in [0.15, 0.2) is 11.6 Å². The van der Waals surface area contributed by atoms with Crippen LogP contribution in [-0.4, -0.2) is 19.5 Å². The molecule has 0 bridgehead atoms. The molecule has 0 aliphatic heterocycles. The summed E-state index contributed by atoms with van der Waals surface area (Å²) in [5.41, 5.74) is 0.592. The average Bonchev–Trinajstić information content (AvgIpc) is 2.21. The number of alkyl halides is 1. The number of hydrogen-bond acceptors (Lipinski definition) is 2. The summed E-state index contributed by atoms with van der Waals surface area (Å²) in [5, 5.41) is 3.02. The van der Waals surface area contributed by atoms with Crippen molar-refractivity contribution in [2.75, 3.05) is 19.5 Å².